The second-order valence-electron chi connectivity index (χ2n) is 6.10. The van der Waals surface area contributed by atoms with Gasteiger partial charge < -0.3 is 10.2 Å². The summed E-state index contributed by atoms with van der Waals surface area (Å²) >= 11 is 0. The van der Waals surface area contributed by atoms with Crippen LogP contribution in [0.1, 0.15) is 24.0 Å². The molecule has 2 amide bonds. The number of amides is 2. The summed E-state index contributed by atoms with van der Waals surface area (Å²) < 4.78 is 26.1. The fourth-order valence-electron chi connectivity index (χ4n) is 2.65. The molecular weight excluding hydrogens is 310 g/mol. The molecular formula is C19H20F2N2O. The molecule has 0 atom stereocenters. The Morgan fingerprint density at radius 3 is 2.46 bits per heavy atom. The van der Waals surface area contributed by atoms with Crippen LogP contribution in [-0.4, -0.2) is 23.5 Å². The van der Waals surface area contributed by atoms with Crippen LogP contribution >= 0.6 is 0 Å². The van der Waals surface area contributed by atoms with Crippen LogP contribution in [0.25, 0.3) is 0 Å². The second-order valence-corrected chi connectivity index (χ2v) is 6.10. The minimum absolute atomic E-state index is 0.127. The zero-order valence-corrected chi connectivity index (χ0v) is 13.3. The molecule has 3 rings (SSSR count). The van der Waals surface area contributed by atoms with Gasteiger partial charge in [0.2, 0.25) is 0 Å². The van der Waals surface area contributed by atoms with Crippen LogP contribution in [0.15, 0.2) is 48.5 Å². The van der Waals surface area contributed by atoms with E-state index in [0.717, 1.165) is 24.0 Å². The molecule has 0 radical (unpaired) electrons. The standard InChI is InChI=1S/C19H20F2N2O/c20-16-6-4-15(5-7-16)13-23(18-8-9-18)19(24)22-11-10-14-2-1-3-17(21)12-14/h1-7,12,18H,8-11,13H2,(H,22,24). The predicted octanol–water partition coefficient (Wildman–Crippen LogP) is 3.88. The summed E-state index contributed by atoms with van der Waals surface area (Å²) in [5.74, 6) is -0.550. The van der Waals surface area contributed by atoms with Crippen LogP contribution in [0.4, 0.5) is 13.6 Å². The average Bonchev–Trinajstić information content (AvgIpc) is 3.39. The van der Waals surface area contributed by atoms with Gasteiger partial charge in [0.25, 0.3) is 0 Å². The van der Waals surface area contributed by atoms with Gasteiger partial charge in [0.05, 0.1) is 0 Å². The van der Waals surface area contributed by atoms with Crippen molar-refractivity contribution in [3.8, 4) is 0 Å². The maximum Gasteiger partial charge on any atom is 0.317 e. The fraction of sp³-hybridized carbons (Fsp3) is 0.316. The number of carbonyl (C=O) groups excluding carboxylic acids is 1. The maximum atomic E-state index is 13.1. The average molecular weight is 330 g/mol. The molecule has 1 aliphatic rings. The molecule has 2 aromatic rings. The molecule has 5 heteroatoms. The molecule has 0 aromatic heterocycles. The minimum atomic E-state index is -0.281. The molecule has 0 saturated heterocycles. The van der Waals surface area contributed by atoms with Crippen LogP contribution in [0.5, 0.6) is 0 Å². The highest BCUT2D eigenvalue weighted by Gasteiger charge is 2.32. The van der Waals surface area contributed by atoms with Crippen LogP contribution in [0, 0.1) is 11.6 Å². The first-order valence-corrected chi connectivity index (χ1v) is 8.15. The number of halogens is 2. The molecule has 1 fully saturated rings. The molecule has 24 heavy (non-hydrogen) atoms. The summed E-state index contributed by atoms with van der Waals surface area (Å²) in [6.45, 7) is 0.922. The van der Waals surface area contributed by atoms with Gasteiger partial charge in [0.15, 0.2) is 0 Å². The van der Waals surface area contributed by atoms with Crippen molar-refractivity contribution in [2.45, 2.75) is 31.8 Å². The van der Waals surface area contributed by atoms with Crippen LogP contribution < -0.4 is 5.32 Å². The minimum Gasteiger partial charge on any atom is -0.338 e. The lowest BCUT2D eigenvalue weighted by Crippen LogP contribution is -2.41. The van der Waals surface area contributed by atoms with E-state index in [0.29, 0.717) is 19.5 Å². The number of hydrogen-bond donors (Lipinski definition) is 1. The first-order valence-electron chi connectivity index (χ1n) is 8.15. The first-order chi connectivity index (χ1) is 11.6. The molecule has 0 aliphatic heterocycles. The topological polar surface area (TPSA) is 32.3 Å². The van der Waals surface area contributed by atoms with Crippen molar-refractivity contribution >= 4 is 6.03 Å². The smallest absolute Gasteiger partial charge is 0.317 e. The predicted molar refractivity (Wildman–Crippen MR) is 88.5 cm³/mol. The molecule has 3 nitrogen and oxygen atoms in total. The summed E-state index contributed by atoms with van der Waals surface area (Å²) in [5.41, 5.74) is 1.76. The monoisotopic (exact) mass is 330 g/mol. The number of urea groups is 1. The van der Waals surface area contributed by atoms with Crippen molar-refractivity contribution in [3.05, 3.63) is 71.3 Å². The highest BCUT2D eigenvalue weighted by atomic mass is 19.1. The van der Waals surface area contributed by atoms with Gasteiger partial charge in [-0.05, 0) is 54.7 Å². The lowest BCUT2D eigenvalue weighted by atomic mass is 10.1. The van der Waals surface area contributed by atoms with Gasteiger partial charge in [-0.1, -0.05) is 24.3 Å². The van der Waals surface area contributed by atoms with Gasteiger partial charge in [-0.3, -0.25) is 0 Å². The van der Waals surface area contributed by atoms with E-state index in [-0.39, 0.29) is 23.7 Å². The van der Waals surface area contributed by atoms with Crippen LogP contribution in [0.3, 0.4) is 0 Å². The van der Waals surface area contributed by atoms with Crippen molar-refractivity contribution < 1.29 is 13.6 Å². The molecule has 2 aromatic carbocycles. The summed E-state index contributed by atoms with van der Waals surface area (Å²) in [6.07, 6.45) is 2.58. The number of rotatable bonds is 6. The molecule has 1 saturated carbocycles. The Morgan fingerprint density at radius 2 is 1.79 bits per heavy atom. The summed E-state index contributed by atoms with van der Waals surface area (Å²) in [7, 11) is 0. The Balaban J connectivity index is 1.53. The van der Waals surface area contributed by atoms with Crippen molar-refractivity contribution in [2.75, 3.05) is 6.54 Å². The quantitative estimate of drug-likeness (QED) is 0.856. The van der Waals surface area contributed by atoms with E-state index in [1.165, 1.54) is 24.3 Å². The third-order valence-corrected chi connectivity index (χ3v) is 4.09. The van der Waals surface area contributed by atoms with E-state index in [1.807, 2.05) is 6.07 Å². The lowest BCUT2D eigenvalue weighted by Gasteiger charge is -2.23. The van der Waals surface area contributed by atoms with Crippen LogP contribution in [0.2, 0.25) is 0 Å². The van der Waals surface area contributed by atoms with E-state index in [1.54, 1.807) is 23.1 Å². The Hall–Kier alpha value is -2.43. The number of benzene rings is 2. The number of nitrogens with zero attached hydrogens (tertiary/aromatic N) is 1. The number of carbonyl (C=O) groups is 1. The number of nitrogens with one attached hydrogen (secondary N) is 1. The second kappa shape index (κ2) is 7.43. The van der Waals surface area contributed by atoms with Gasteiger partial charge in [0.1, 0.15) is 11.6 Å². The van der Waals surface area contributed by atoms with Gasteiger partial charge >= 0.3 is 6.03 Å². The van der Waals surface area contributed by atoms with Crippen molar-refractivity contribution in [1.82, 2.24) is 10.2 Å². The molecule has 0 bridgehead atoms. The Morgan fingerprint density at radius 1 is 1.04 bits per heavy atom. The van der Waals surface area contributed by atoms with E-state index >= 15 is 0 Å². The summed E-state index contributed by atoms with van der Waals surface area (Å²) in [4.78, 5) is 14.2. The zero-order chi connectivity index (χ0) is 16.9. The molecule has 0 unspecified atom stereocenters. The highest BCUT2D eigenvalue weighted by Crippen LogP contribution is 2.28. The molecule has 126 valence electrons. The summed E-state index contributed by atoms with van der Waals surface area (Å²) in [6, 6.07) is 12.7. The van der Waals surface area contributed by atoms with Crippen molar-refractivity contribution in [2.24, 2.45) is 0 Å². The molecule has 0 spiro atoms. The van der Waals surface area contributed by atoms with E-state index in [4.69, 9.17) is 0 Å². The zero-order valence-electron chi connectivity index (χ0n) is 13.3. The third kappa shape index (κ3) is 4.54. The molecule has 1 aliphatic carbocycles. The van der Waals surface area contributed by atoms with Crippen molar-refractivity contribution in [1.29, 1.82) is 0 Å². The van der Waals surface area contributed by atoms with Gasteiger partial charge in [-0.25, -0.2) is 13.6 Å². The van der Waals surface area contributed by atoms with Gasteiger partial charge in [-0.2, -0.15) is 0 Å². The lowest BCUT2D eigenvalue weighted by molar-refractivity contribution is 0.192. The van der Waals surface area contributed by atoms with Gasteiger partial charge in [0, 0.05) is 19.1 Å². The number of hydrogen-bond acceptors (Lipinski definition) is 1. The maximum absolute atomic E-state index is 13.1. The van der Waals surface area contributed by atoms with E-state index < -0.39 is 0 Å². The Kier molecular flexibility index (Phi) is 5.08. The normalized spacial score (nSPS) is 13.6. The molecule has 0 heterocycles. The van der Waals surface area contributed by atoms with Gasteiger partial charge in [-0.15, -0.1) is 0 Å². The highest BCUT2D eigenvalue weighted by molar-refractivity contribution is 5.75. The SMILES string of the molecule is O=C(NCCc1cccc(F)c1)N(Cc1ccc(F)cc1)C1CC1. The molecule has 1 N–H and O–H groups in total. The largest absolute Gasteiger partial charge is 0.338 e. The first kappa shape index (κ1) is 16.4. The summed E-state index contributed by atoms with van der Waals surface area (Å²) in [5, 5.41) is 2.89. The third-order valence-electron chi connectivity index (χ3n) is 4.09. The fourth-order valence-corrected chi connectivity index (χ4v) is 2.65. The van der Waals surface area contributed by atoms with Crippen molar-refractivity contribution in [3.63, 3.8) is 0 Å². The van der Waals surface area contributed by atoms with E-state index in [9.17, 15) is 13.6 Å². The van der Waals surface area contributed by atoms with E-state index in [2.05, 4.69) is 5.32 Å². The Bertz CT molecular complexity index is 699. The Labute approximate surface area is 140 Å². The van der Waals surface area contributed by atoms with Crippen LogP contribution in [-0.2, 0) is 13.0 Å².